The van der Waals surface area contributed by atoms with Gasteiger partial charge in [-0.25, -0.2) is 0 Å². The van der Waals surface area contributed by atoms with Crippen LogP contribution in [0.3, 0.4) is 0 Å². The Morgan fingerprint density at radius 2 is 1.02 bits per heavy atom. The number of fused-ring (bicyclic) bond motifs is 2. The van der Waals surface area contributed by atoms with Crippen LogP contribution in [0.1, 0.15) is 107 Å². The van der Waals surface area contributed by atoms with Crippen LogP contribution in [0.4, 0.5) is 11.4 Å². The van der Waals surface area contributed by atoms with Gasteiger partial charge in [-0.3, -0.25) is 9.59 Å². The van der Waals surface area contributed by atoms with Gasteiger partial charge in [-0.15, -0.1) is 0 Å². The van der Waals surface area contributed by atoms with Gasteiger partial charge in [-0.1, -0.05) is 67.1 Å². The van der Waals surface area contributed by atoms with E-state index in [0.717, 1.165) is 85.9 Å². The summed E-state index contributed by atoms with van der Waals surface area (Å²) in [5.41, 5.74) is 5.20. The molecule has 61 heavy (non-hydrogen) atoms. The number of carbonyl (C=O) groups excluding carboxylic acids is 2. The lowest BCUT2D eigenvalue weighted by atomic mass is 9.49. The lowest BCUT2D eigenvalue weighted by Crippen LogP contribution is -2.48. The molecule has 6 N–H and O–H groups in total. The Bertz CT molecular complexity index is 1830. The van der Waals surface area contributed by atoms with Gasteiger partial charge in [-0.2, -0.15) is 0 Å². The quantitative estimate of drug-likeness (QED) is 0.0606. The molecule has 0 spiro atoms. The maximum Gasteiger partial charge on any atom is 0.238 e. The Balaban J connectivity index is 0.692. The van der Waals surface area contributed by atoms with E-state index in [2.05, 4.69) is 92.6 Å². The molecule has 0 radical (unpaired) electrons. The van der Waals surface area contributed by atoms with Crippen molar-refractivity contribution in [2.45, 2.75) is 121 Å². The lowest BCUT2D eigenvalue weighted by molar-refractivity contribution is -0.116. The lowest BCUT2D eigenvalue weighted by Gasteiger charge is -2.57. The molecule has 7 saturated carbocycles. The second kappa shape index (κ2) is 19.9. The zero-order valence-corrected chi connectivity index (χ0v) is 36.8. The second-order valence-electron chi connectivity index (χ2n) is 21.2. The van der Waals surface area contributed by atoms with Crippen LogP contribution in [-0.2, 0) is 22.4 Å². The third-order valence-electron chi connectivity index (χ3n) is 16.5. The topological polar surface area (TPSA) is 106 Å². The molecule has 10 rings (SSSR count). The molecule has 3 aromatic rings. The third kappa shape index (κ3) is 11.5. The van der Waals surface area contributed by atoms with Crippen molar-refractivity contribution in [3.05, 3.63) is 96.1 Å². The van der Waals surface area contributed by atoms with Gasteiger partial charge in [0.05, 0.1) is 13.1 Å². The van der Waals surface area contributed by atoms with Crippen molar-refractivity contribution in [3.8, 4) is 0 Å². The van der Waals surface area contributed by atoms with Gasteiger partial charge >= 0.3 is 0 Å². The summed E-state index contributed by atoms with van der Waals surface area (Å²) in [5, 5.41) is 20.8. The molecule has 8 nitrogen and oxygen atoms in total. The highest BCUT2D eigenvalue weighted by Crippen LogP contribution is 2.61. The Hall–Kier alpha value is -3.56. The summed E-state index contributed by atoms with van der Waals surface area (Å²) in [6.45, 7) is 4.04. The Labute approximate surface area is 366 Å². The molecule has 0 heterocycles. The Kier molecular flexibility index (Phi) is 13.9. The van der Waals surface area contributed by atoms with Crippen molar-refractivity contribution < 1.29 is 9.59 Å². The number of amides is 2. The normalized spacial score (nSPS) is 30.5. The number of hydrogen-bond donors (Lipinski definition) is 6. The van der Waals surface area contributed by atoms with E-state index in [1.54, 1.807) is 0 Å². The molecule has 7 fully saturated rings. The Morgan fingerprint density at radius 1 is 0.525 bits per heavy atom. The molecule has 0 aromatic heterocycles. The van der Waals surface area contributed by atoms with Crippen LogP contribution in [-0.4, -0.2) is 63.2 Å². The zero-order chi connectivity index (χ0) is 41.5. The van der Waals surface area contributed by atoms with Crippen molar-refractivity contribution in [2.24, 2.45) is 46.3 Å². The summed E-state index contributed by atoms with van der Waals surface area (Å²) in [5.74, 6) is 5.77. The number of anilines is 2. The van der Waals surface area contributed by atoms with Crippen LogP contribution in [0.15, 0.2) is 84.9 Å². The highest BCUT2D eigenvalue weighted by atomic mass is 16.2. The van der Waals surface area contributed by atoms with Crippen LogP contribution in [0.5, 0.6) is 0 Å². The summed E-state index contributed by atoms with van der Waals surface area (Å²) < 4.78 is 0. The summed E-state index contributed by atoms with van der Waals surface area (Å²) >= 11 is 0. The molecular weight excluding hydrogens is 753 g/mol. The van der Waals surface area contributed by atoms with Crippen LogP contribution in [0.2, 0.25) is 0 Å². The largest absolute Gasteiger partial charge is 0.325 e. The first-order valence-electron chi connectivity index (χ1n) is 24.5. The average molecular weight is 827 g/mol. The molecule has 3 aromatic carbocycles. The summed E-state index contributed by atoms with van der Waals surface area (Å²) in [7, 11) is 0. The third-order valence-corrected chi connectivity index (χ3v) is 16.5. The number of benzene rings is 3. The molecule has 8 heteroatoms. The molecule has 0 aliphatic heterocycles. The smallest absolute Gasteiger partial charge is 0.238 e. The highest BCUT2D eigenvalue weighted by molar-refractivity contribution is 5.94. The molecule has 7 aliphatic carbocycles. The van der Waals surface area contributed by atoms with Gasteiger partial charge in [0.1, 0.15) is 0 Å². The predicted molar refractivity (Wildman–Crippen MR) is 248 cm³/mol. The molecule has 6 atom stereocenters. The van der Waals surface area contributed by atoms with Gasteiger partial charge in [0.15, 0.2) is 0 Å². The predicted octanol–water partition coefficient (Wildman–Crippen LogP) is 8.75. The minimum Gasteiger partial charge on any atom is -0.325 e. The first-order valence-corrected chi connectivity index (χ1v) is 24.5. The van der Waals surface area contributed by atoms with Crippen molar-refractivity contribution in [1.29, 1.82) is 0 Å². The fraction of sp³-hybridized carbons (Fsp3) is 0.623. The molecule has 3 unspecified atom stereocenters. The summed E-state index contributed by atoms with van der Waals surface area (Å²) in [6.07, 6.45) is 23.5. The van der Waals surface area contributed by atoms with Crippen molar-refractivity contribution in [2.75, 3.05) is 49.9 Å². The summed E-state index contributed by atoms with van der Waals surface area (Å²) in [6, 6.07) is 29.4. The monoisotopic (exact) mass is 827 g/mol. The number of rotatable bonds is 22. The van der Waals surface area contributed by atoms with Crippen molar-refractivity contribution >= 4 is 23.2 Å². The van der Waals surface area contributed by atoms with Gasteiger partial charge in [0.2, 0.25) is 11.8 Å². The van der Waals surface area contributed by atoms with Gasteiger partial charge in [-0.05, 0) is 198 Å². The summed E-state index contributed by atoms with van der Waals surface area (Å²) in [4.78, 5) is 26.1. The van der Waals surface area contributed by atoms with Crippen LogP contribution < -0.4 is 31.9 Å². The van der Waals surface area contributed by atoms with E-state index < -0.39 is 0 Å². The molecule has 328 valence electrons. The molecular formula is C53H74N6O2. The van der Waals surface area contributed by atoms with Crippen LogP contribution in [0.25, 0.3) is 0 Å². The maximum absolute atomic E-state index is 13.0. The zero-order valence-electron chi connectivity index (χ0n) is 36.8. The molecule has 7 bridgehead atoms. The molecule has 0 saturated heterocycles. The van der Waals surface area contributed by atoms with E-state index >= 15 is 0 Å². The van der Waals surface area contributed by atoms with Crippen molar-refractivity contribution in [1.82, 2.24) is 21.3 Å². The van der Waals surface area contributed by atoms with Crippen molar-refractivity contribution in [3.63, 3.8) is 0 Å². The SMILES string of the molecule is O=C(CNC[C@H](Cc1ccccc1)NCCC12CC3CC(CC(C3)C1)C2)Nc1ccc(NC(=O)CNC[C@H](Cc2ccccc2)NCC[C@]23CCC4CCC(CC4C2)C3)cc1. The van der Waals surface area contributed by atoms with E-state index in [-0.39, 0.29) is 37.0 Å². The molecule has 7 aliphatic rings. The highest BCUT2D eigenvalue weighted by Gasteiger charge is 2.51. The average Bonchev–Trinajstić information content (AvgIpc) is 3.24. The maximum atomic E-state index is 13.0. The number of nitrogens with one attached hydrogen (secondary N) is 6. The fourth-order valence-electron chi connectivity index (χ4n) is 14.2. The minimum atomic E-state index is -0.0694. The van der Waals surface area contributed by atoms with Gasteiger partial charge in [0, 0.05) is 36.5 Å². The van der Waals surface area contributed by atoms with Crippen LogP contribution >= 0.6 is 0 Å². The van der Waals surface area contributed by atoms with Crippen LogP contribution in [0, 0.1) is 46.3 Å². The van der Waals surface area contributed by atoms with Gasteiger partial charge in [0.25, 0.3) is 0 Å². The fourth-order valence-corrected chi connectivity index (χ4v) is 14.2. The minimum absolute atomic E-state index is 0.0690. The van der Waals surface area contributed by atoms with E-state index in [9.17, 15) is 9.59 Å². The number of hydrogen-bond acceptors (Lipinski definition) is 6. The first-order chi connectivity index (χ1) is 29.8. The van der Waals surface area contributed by atoms with E-state index in [1.165, 1.54) is 107 Å². The van der Waals surface area contributed by atoms with E-state index in [1.807, 2.05) is 24.3 Å². The van der Waals surface area contributed by atoms with Gasteiger partial charge < -0.3 is 31.9 Å². The Morgan fingerprint density at radius 3 is 1.54 bits per heavy atom. The first kappa shape index (κ1) is 42.7. The number of carbonyl (C=O) groups is 2. The molecule has 2 amide bonds. The standard InChI is InChI=1S/C53H74N6O2/c60-50(36-54-34-48(27-38-7-3-1-4-8-38)56-21-19-52-18-17-44-12-11-40(29-52)26-45(44)33-52)58-46-13-15-47(16-14-46)59-51(61)37-55-35-49(28-39-9-5-2-6-10-39)57-22-20-53-30-41-23-42(31-53)25-43(24-41)32-53/h1-10,13-16,40-45,48-49,54-57H,11-12,17-37H2,(H,58,60)(H,59,61)/t40?,41?,42?,43?,44?,45?,48-,49-,52-,53?/m0/s1. The van der Waals surface area contributed by atoms with E-state index in [4.69, 9.17) is 0 Å². The second-order valence-corrected chi connectivity index (χ2v) is 21.2. The van der Waals surface area contributed by atoms with E-state index in [0.29, 0.717) is 10.8 Å².